The van der Waals surface area contributed by atoms with Crippen molar-refractivity contribution < 1.29 is 14.2 Å². The van der Waals surface area contributed by atoms with Crippen molar-refractivity contribution in [3.8, 4) is 28.4 Å². The van der Waals surface area contributed by atoms with Crippen LogP contribution in [0, 0.1) is 0 Å². The highest BCUT2D eigenvalue weighted by Gasteiger charge is 2.09. The highest BCUT2D eigenvalue weighted by atomic mass is 16.5. The van der Waals surface area contributed by atoms with E-state index in [0.717, 1.165) is 56.9 Å². The van der Waals surface area contributed by atoms with E-state index >= 15 is 0 Å². The molecule has 0 unspecified atom stereocenters. The summed E-state index contributed by atoms with van der Waals surface area (Å²) in [6, 6.07) is 24.6. The van der Waals surface area contributed by atoms with Crippen LogP contribution in [0.5, 0.6) is 11.5 Å². The number of fused-ring (bicyclic) bond motifs is 2. The number of hydrogen-bond donors (Lipinski definition) is 0. The largest absolute Gasteiger partial charge is 0.492 e. The molecular weight excluding hydrogens is 452 g/mol. The Morgan fingerprint density at radius 2 is 1.53 bits per heavy atom. The van der Waals surface area contributed by atoms with Gasteiger partial charge in [-0.05, 0) is 73.8 Å². The van der Waals surface area contributed by atoms with Crippen LogP contribution in [0.25, 0.3) is 38.9 Å². The van der Waals surface area contributed by atoms with Gasteiger partial charge in [-0.3, -0.25) is 4.57 Å². The number of ether oxygens (including phenoxy) is 3. The molecule has 5 aromatic rings. The third-order valence-electron chi connectivity index (χ3n) is 5.99. The van der Waals surface area contributed by atoms with Crippen LogP contribution >= 0.6 is 0 Å². The standard InChI is InChI=1S/C29H30N4O3/c1-32(2)14-15-35-24-8-4-21(5-9-24)22-6-11-26-23(18-22)7-13-29(31-26)33-20-30-27-19-25(10-12-28(27)33)36-17-16-34-3/h4-13,18-20H,14-17H2,1-3H3. The van der Waals surface area contributed by atoms with E-state index < -0.39 is 0 Å². The van der Waals surface area contributed by atoms with Crippen LogP contribution in [0.4, 0.5) is 0 Å². The van der Waals surface area contributed by atoms with Crippen molar-refractivity contribution in [1.29, 1.82) is 0 Å². The van der Waals surface area contributed by atoms with Gasteiger partial charge in [-0.1, -0.05) is 18.2 Å². The number of benzene rings is 3. The van der Waals surface area contributed by atoms with Crippen LogP contribution in [-0.4, -0.2) is 67.0 Å². The third-order valence-corrected chi connectivity index (χ3v) is 5.99. The molecule has 36 heavy (non-hydrogen) atoms. The first-order valence-electron chi connectivity index (χ1n) is 12.0. The van der Waals surface area contributed by atoms with Gasteiger partial charge in [-0.25, -0.2) is 9.97 Å². The Morgan fingerprint density at radius 3 is 2.33 bits per heavy atom. The predicted octanol–water partition coefficient (Wildman–Crippen LogP) is 5.21. The number of hydrogen-bond acceptors (Lipinski definition) is 6. The topological polar surface area (TPSA) is 61.6 Å². The molecule has 0 bridgehead atoms. The molecule has 0 atom stereocenters. The maximum atomic E-state index is 5.81. The molecule has 0 aliphatic heterocycles. The second-order valence-corrected chi connectivity index (χ2v) is 8.86. The Bertz CT molecular complexity index is 1460. The number of likely N-dealkylation sites (N-methyl/N-ethyl adjacent to an activating group) is 1. The van der Waals surface area contributed by atoms with E-state index in [1.54, 1.807) is 13.4 Å². The molecule has 0 aliphatic carbocycles. The van der Waals surface area contributed by atoms with Gasteiger partial charge in [0.05, 0.1) is 23.2 Å². The fourth-order valence-corrected chi connectivity index (χ4v) is 4.03. The zero-order valence-corrected chi connectivity index (χ0v) is 20.8. The lowest BCUT2D eigenvalue weighted by atomic mass is 10.0. The minimum absolute atomic E-state index is 0.506. The summed E-state index contributed by atoms with van der Waals surface area (Å²) in [6.07, 6.45) is 1.80. The number of methoxy groups -OCH3 is 1. The van der Waals surface area contributed by atoms with E-state index in [4.69, 9.17) is 19.2 Å². The molecule has 2 aromatic heterocycles. The average molecular weight is 483 g/mol. The van der Waals surface area contributed by atoms with E-state index in [1.165, 1.54) is 0 Å². The maximum absolute atomic E-state index is 5.81. The van der Waals surface area contributed by atoms with Crippen molar-refractivity contribution in [3.63, 3.8) is 0 Å². The maximum Gasteiger partial charge on any atom is 0.139 e. The van der Waals surface area contributed by atoms with Crippen molar-refractivity contribution in [2.75, 3.05) is 47.6 Å². The van der Waals surface area contributed by atoms with Crippen molar-refractivity contribution in [2.45, 2.75) is 0 Å². The first-order chi connectivity index (χ1) is 17.6. The van der Waals surface area contributed by atoms with Gasteiger partial charge in [0.15, 0.2) is 0 Å². The first kappa shape index (κ1) is 23.8. The monoisotopic (exact) mass is 482 g/mol. The summed E-state index contributed by atoms with van der Waals surface area (Å²) >= 11 is 0. The van der Waals surface area contributed by atoms with Crippen LogP contribution in [0.1, 0.15) is 0 Å². The van der Waals surface area contributed by atoms with Crippen molar-refractivity contribution >= 4 is 21.9 Å². The van der Waals surface area contributed by atoms with Gasteiger partial charge >= 0.3 is 0 Å². The molecule has 0 saturated heterocycles. The average Bonchev–Trinajstić information content (AvgIpc) is 3.32. The van der Waals surface area contributed by atoms with Crippen LogP contribution in [0.15, 0.2) is 79.1 Å². The molecule has 184 valence electrons. The molecule has 0 fully saturated rings. The highest BCUT2D eigenvalue weighted by molar-refractivity contribution is 5.86. The smallest absolute Gasteiger partial charge is 0.139 e. The van der Waals surface area contributed by atoms with Gasteiger partial charge in [0.1, 0.15) is 36.9 Å². The number of nitrogens with zero attached hydrogens (tertiary/aromatic N) is 4. The lowest BCUT2D eigenvalue weighted by Crippen LogP contribution is -2.19. The van der Waals surface area contributed by atoms with Crippen LogP contribution in [0.3, 0.4) is 0 Å². The summed E-state index contributed by atoms with van der Waals surface area (Å²) in [6.45, 7) is 2.62. The van der Waals surface area contributed by atoms with E-state index in [2.05, 4.69) is 46.3 Å². The Kier molecular flexibility index (Phi) is 7.11. The number of imidazole rings is 1. The lowest BCUT2D eigenvalue weighted by Gasteiger charge is -2.11. The van der Waals surface area contributed by atoms with Crippen LogP contribution < -0.4 is 9.47 Å². The molecule has 0 radical (unpaired) electrons. The highest BCUT2D eigenvalue weighted by Crippen LogP contribution is 2.27. The molecule has 0 N–H and O–H groups in total. The number of pyridine rings is 1. The third kappa shape index (κ3) is 5.32. The van der Waals surface area contributed by atoms with Gasteiger partial charge < -0.3 is 19.1 Å². The van der Waals surface area contributed by atoms with Crippen molar-refractivity contribution in [3.05, 3.63) is 79.1 Å². The molecule has 3 aromatic carbocycles. The summed E-state index contributed by atoms with van der Waals surface area (Å²) in [5.41, 5.74) is 5.05. The molecule has 5 rings (SSSR count). The zero-order chi connectivity index (χ0) is 24.9. The van der Waals surface area contributed by atoms with Gasteiger partial charge in [0, 0.05) is 25.1 Å². The quantitative estimate of drug-likeness (QED) is 0.255. The lowest BCUT2D eigenvalue weighted by molar-refractivity contribution is 0.146. The Balaban J connectivity index is 1.34. The van der Waals surface area contributed by atoms with E-state index in [-0.39, 0.29) is 0 Å². The molecule has 0 amide bonds. The number of rotatable bonds is 10. The summed E-state index contributed by atoms with van der Waals surface area (Å²) in [5.74, 6) is 2.48. The molecule has 0 spiro atoms. The summed E-state index contributed by atoms with van der Waals surface area (Å²) in [4.78, 5) is 11.6. The normalized spacial score (nSPS) is 11.4. The molecular formula is C29H30N4O3. The van der Waals surface area contributed by atoms with Crippen molar-refractivity contribution in [1.82, 2.24) is 19.4 Å². The van der Waals surface area contributed by atoms with Gasteiger partial charge in [0.2, 0.25) is 0 Å². The molecule has 7 heteroatoms. The van der Waals surface area contributed by atoms with E-state index in [1.807, 2.05) is 55.1 Å². The fourth-order valence-electron chi connectivity index (χ4n) is 4.03. The van der Waals surface area contributed by atoms with E-state index in [0.29, 0.717) is 19.8 Å². The number of aromatic nitrogens is 3. The molecule has 7 nitrogen and oxygen atoms in total. The summed E-state index contributed by atoms with van der Waals surface area (Å²) < 4.78 is 18.6. The van der Waals surface area contributed by atoms with Crippen LogP contribution in [-0.2, 0) is 4.74 Å². The molecule has 2 heterocycles. The summed E-state index contributed by atoms with van der Waals surface area (Å²) in [5, 5.41) is 1.08. The Morgan fingerprint density at radius 1 is 0.750 bits per heavy atom. The minimum Gasteiger partial charge on any atom is -0.492 e. The SMILES string of the molecule is COCCOc1ccc2c(c1)ncn2-c1ccc2cc(-c3ccc(OCCN(C)C)cc3)ccc2n1. The van der Waals surface area contributed by atoms with E-state index in [9.17, 15) is 0 Å². The van der Waals surface area contributed by atoms with Gasteiger partial charge in [-0.2, -0.15) is 0 Å². The summed E-state index contributed by atoms with van der Waals surface area (Å²) in [7, 11) is 5.74. The Labute approximate surface area is 210 Å². The molecule has 0 saturated carbocycles. The minimum atomic E-state index is 0.506. The predicted molar refractivity (Wildman–Crippen MR) is 143 cm³/mol. The van der Waals surface area contributed by atoms with Crippen molar-refractivity contribution in [2.24, 2.45) is 0 Å². The van der Waals surface area contributed by atoms with Crippen LogP contribution in [0.2, 0.25) is 0 Å². The van der Waals surface area contributed by atoms with Gasteiger partial charge in [-0.15, -0.1) is 0 Å². The Hall–Kier alpha value is -3.94. The fraction of sp³-hybridized carbons (Fsp3) is 0.241. The first-order valence-corrected chi connectivity index (χ1v) is 12.0. The second kappa shape index (κ2) is 10.8. The second-order valence-electron chi connectivity index (χ2n) is 8.86. The molecule has 0 aliphatic rings. The van der Waals surface area contributed by atoms with Gasteiger partial charge in [0.25, 0.3) is 0 Å². The zero-order valence-electron chi connectivity index (χ0n) is 20.8.